The van der Waals surface area contributed by atoms with Crippen LogP contribution in [0.5, 0.6) is 0 Å². The molecule has 0 saturated heterocycles. The van der Waals surface area contributed by atoms with E-state index in [1.165, 1.54) is 77.6 Å². The van der Waals surface area contributed by atoms with E-state index in [0.717, 1.165) is 42.7 Å². The maximum absolute atomic E-state index is 2.48. The summed E-state index contributed by atoms with van der Waals surface area (Å²) in [5, 5.41) is 5.08. The Morgan fingerprint density at radius 2 is 1.00 bits per heavy atom. The zero-order valence-corrected chi connectivity index (χ0v) is 30.0. The van der Waals surface area contributed by atoms with E-state index in [0.29, 0.717) is 0 Å². The Kier molecular flexibility index (Phi) is 7.69. The van der Waals surface area contributed by atoms with Crippen LogP contribution in [0, 0.1) is 6.92 Å². The van der Waals surface area contributed by atoms with Gasteiger partial charge in [-0.15, -0.1) is 0 Å². The Bertz CT molecular complexity index is 2670. The number of hydrogen-bond donors (Lipinski definition) is 0. The molecule has 0 unspecified atom stereocenters. The highest BCUT2D eigenvalue weighted by atomic mass is 15.1. The molecule has 0 bridgehead atoms. The van der Waals surface area contributed by atoms with Crippen LogP contribution in [0.4, 0.5) is 17.1 Å². The molecule has 0 fully saturated rings. The molecule has 0 amide bonds. The summed E-state index contributed by atoms with van der Waals surface area (Å²) in [6, 6.07) is 55.7. The van der Waals surface area contributed by atoms with Crippen molar-refractivity contribution in [1.82, 2.24) is 4.57 Å². The molecule has 0 atom stereocenters. The first kappa shape index (κ1) is 31.4. The molecule has 53 heavy (non-hydrogen) atoms. The molecule has 1 aromatic heterocycles. The van der Waals surface area contributed by atoms with Crippen molar-refractivity contribution in [3.8, 4) is 27.9 Å². The lowest BCUT2D eigenvalue weighted by atomic mass is 9.85. The van der Waals surface area contributed by atoms with Crippen molar-refractivity contribution < 1.29 is 0 Å². The molecule has 2 aliphatic rings. The summed E-state index contributed by atoms with van der Waals surface area (Å²) in [7, 11) is 0. The van der Waals surface area contributed by atoms with Gasteiger partial charge < -0.3 is 9.47 Å². The van der Waals surface area contributed by atoms with E-state index in [9.17, 15) is 0 Å². The topological polar surface area (TPSA) is 8.17 Å². The van der Waals surface area contributed by atoms with Gasteiger partial charge in [-0.05, 0) is 148 Å². The number of fused-ring (bicyclic) bond motifs is 5. The van der Waals surface area contributed by atoms with Crippen LogP contribution in [0.3, 0.4) is 0 Å². The first-order valence-corrected chi connectivity index (χ1v) is 18.9. The molecule has 2 nitrogen and oxygen atoms in total. The molecule has 2 heteroatoms. The number of aromatic nitrogens is 1. The van der Waals surface area contributed by atoms with Gasteiger partial charge in [-0.1, -0.05) is 121 Å². The summed E-state index contributed by atoms with van der Waals surface area (Å²) in [5.74, 6) is 0. The summed E-state index contributed by atoms with van der Waals surface area (Å²) in [4.78, 5) is 2.39. The fourth-order valence-corrected chi connectivity index (χ4v) is 8.84. The van der Waals surface area contributed by atoms with Crippen molar-refractivity contribution in [1.29, 1.82) is 0 Å². The van der Waals surface area contributed by atoms with Crippen molar-refractivity contribution >= 4 is 50.8 Å². The largest absolute Gasteiger partial charge is 0.310 e. The SMILES string of the molecule is Cc1ccc2c(-c3ccccc3)c3ccccc3c(-c3cccc(N(c4ccccc4)c4ccc(-n5c6c(c7c5C=CCC7)CCC=C6)cc4)c3)c2c1. The van der Waals surface area contributed by atoms with Gasteiger partial charge in [-0.25, -0.2) is 0 Å². The third-order valence-electron chi connectivity index (χ3n) is 11.2. The van der Waals surface area contributed by atoms with E-state index in [1.54, 1.807) is 0 Å². The summed E-state index contributed by atoms with van der Waals surface area (Å²) >= 11 is 0. The van der Waals surface area contributed by atoms with Crippen LogP contribution < -0.4 is 4.90 Å². The molecule has 0 spiro atoms. The minimum atomic E-state index is 1.12. The highest BCUT2D eigenvalue weighted by molar-refractivity contribution is 6.21. The number of allylic oxidation sites excluding steroid dienone is 2. The van der Waals surface area contributed by atoms with E-state index < -0.39 is 0 Å². The molecular formula is C51H40N2. The van der Waals surface area contributed by atoms with Gasteiger partial charge in [0.15, 0.2) is 0 Å². The summed E-state index contributed by atoms with van der Waals surface area (Å²) in [5.41, 5.74) is 16.6. The van der Waals surface area contributed by atoms with E-state index in [1.807, 2.05) is 0 Å². The number of anilines is 3. The summed E-state index contributed by atoms with van der Waals surface area (Å²) in [6.45, 7) is 2.20. The lowest BCUT2D eigenvalue weighted by molar-refractivity contribution is 0.922. The normalized spacial score (nSPS) is 13.3. The van der Waals surface area contributed by atoms with Crippen molar-refractivity contribution in [2.75, 3.05) is 4.90 Å². The lowest BCUT2D eigenvalue weighted by Gasteiger charge is -2.27. The lowest BCUT2D eigenvalue weighted by Crippen LogP contribution is -2.10. The van der Waals surface area contributed by atoms with Crippen LogP contribution in [0.2, 0.25) is 0 Å². The molecule has 2 aliphatic carbocycles. The third kappa shape index (κ3) is 5.33. The predicted octanol–water partition coefficient (Wildman–Crippen LogP) is 13.8. The zero-order chi connectivity index (χ0) is 35.3. The second kappa shape index (κ2) is 13.0. The molecule has 0 N–H and O–H groups in total. The number of rotatable bonds is 6. The second-order valence-electron chi connectivity index (χ2n) is 14.4. The minimum Gasteiger partial charge on any atom is -0.310 e. The first-order chi connectivity index (χ1) is 26.2. The van der Waals surface area contributed by atoms with E-state index >= 15 is 0 Å². The van der Waals surface area contributed by atoms with Crippen LogP contribution >= 0.6 is 0 Å². The van der Waals surface area contributed by atoms with Crippen molar-refractivity contribution in [3.63, 3.8) is 0 Å². The Balaban J connectivity index is 1.14. The number of aryl methyl sites for hydroxylation is 1. The van der Waals surface area contributed by atoms with E-state index in [-0.39, 0.29) is 0 Å². The Morgan fingerprint density at radius 1 is 0.453 bits per heavy atom. The average molecular weight is 681 g/mol. The van der Waals surface area contributed by atoms with Gasteiger partial charge in [-0.3, -0.25) is 0 Å². The zero-order valence-electron chi connectivity index (χ0n) is 30.0. The van der Waals surface area contributed by atoms with Gasteiger partial charge in [0.1, 0.15) is 0 Å². The Hall–Kier alpha value is -6.38. The smallest absolute Gasteiger partial charge is 0.0494 e. The van der Waals surface area contributed by atoms with Crippen molar-refractivity contribution in [3.05, 3.63) is 192 Å². The molecule has 10 rings (SSSR count). The van der Waals surface area contributed by atoms with Crippen LogP contribution in [0.25, 0.3) is 61.6 Å². The monoisotopic (exact) mass is 680 g/mol. The Morgan fingerprint density at radius 3 is 1.68 bits per heavy atom. The predicted molar refractivity (Wildman–Crippen MR) is 226 cm³/mol. The summed E-state index contributed by atoms with van der Waals surface area (Å²) < 4.78 is 2.48. The molecule has 0 aliphatic heterocycles. The molecule has 1 heterocycles. The number of para-hydroxylation sites is 1. The molecular weight excluding hydrogens is 641 g/mol. The standard InChI is InChI=1S/C51H40N2/c1-35-27-32-46-47(33-35)51(45-24-9-8-23-44(45)50(46)36-15-4-2-5-16-36)37-17-14-20-41(34-37)52(38-18-6-3-7-19-38)39-28-30-40(31-29-39)53-48-25-12-10-21-42(48)43-22-11-13-26-49(43)53/h2-9,12-20,23-34H,10-11,21-22H2,1H3. The third-order valence-corrected chi connectivity index (χ3v) is 11.2. The molecule has 7 aromatic carbocycles. The highest BCUT2D eigenvalue weighted by Crippen LogP contribution is 2.46. The molecule has 0 saturated carbocycles. The maximum atomic E-state index is 2.48. The quantitative estimate of drug-likeness (QED) is 0.159. The minimum absolute atomic E-state index is 1.12. The number of benzene rings is 7. The van der Waals surface area contributed by atoms with Gasteiger partial charge >= 0.3 is 0 Å². The fourth-order valence-electron chi connectivity index (χ4n) is 8.84. The maximum Gasteiger partial charge on any atom is 0.0494 e. The van der Waals surface area contributed by atoms with Gasteiger partial charge in [-0.2, -0.15) is 0 Å². The second-order valence-corrected chi connectivity index (χ2v) is 14.4. The highest BCUT2D eigenvalue weighted by Gasteiger charge is 2.24. The number of hydrogen-bond acceptors (Lipinski definition) is 1. The van der Waals surface area contributed by atoms with Crippen LogP contribution in [-0.4, -0.2) is 4.57 Å². The Labute approximate surface area is 311 Å². The van der Waals surface area contributed by atoms with Crippen LogP contribution in [-0.2, 0) is 12.8 Å². The molecule has 0 radical (unpaired) electrons. The van der Waals surface area contributed by atoms with Crippen molar-refractivity contribution in [2.45, 2.75) is 32.6 Å². The fraction of sp³-hybridized carbons (Fsp3) is 0.0980. The van der Waals surface area contributed by atoms with Gasteiger partial charge in [0, 0.05) is 34.1 Å². The van der Waals surface area contributed by atoms with E-state index in [4.69, 9.17) is 0 Å². The van der Waals surface area contributed by atoms with Crippen LogP contribution in [0.15, 0.2) is 164 Å². The van der Waals surface area contributed by atoms with Gasteiger partial charge in [0.05, 0.1) is 0 Å². The van der Waals surface area contributed by atoms with Crippen LogP contribution in [0.1, 0.15) is 40.9 Å². The summed E-state index contributed by atoms with van der Waals surface area (Å²) in [6.07, 6.45) is 13.8. The van der Waals surface area contributed by atoms with E-state index in [2.05, 4.69) is 192 Å². The molecule has 8 aromatic rings. The molecule has 254 valence electrons. The van der Waals surface area contributed by atoms with Crippen molar-refractivity contribution in [2.24, 2.45) is 0 Å². The van der Waals surface area contributed by atoms with Gasteiger partial charge in [0.25, 0.3) is 0 Å². The average Bonchev–Trinajstić information content (AvgIpc) is 3.55. The first-order valence-electron chi connectivity index (χ1n) is 18.9. The van der Waals surface area contributed by atoms with Gasteiger partial charge in [0.2, 0.25) is 0 Å². The number of nitrogens with zero attached hydrogens (tertiary/aromatic N) is 2.